The Morgan fingerprint density at radius 1 is 1.29 bits per heavy atom. The maximum atomic E-state index is 9.89. The lowest BCUT2D eigenvalue weighted by molar-refractivity contribution is 0.0493. The van der Waals surface area contributed by atoms with E-state index < -0.39 is 5.60 Å². The van der Waals surface area contributed by atoms with Crippen LogP contribution in [0.3, 0.4) is 0 Å². The van der Waals surface area contributed by atoms with Crippen LogP contribution in [-0.4, -0.2) is 23.8 Å². The molecule has 2 N–H and O–H groups in total. The Hall–Kier alpha value is -0.0800. The van der Waals surface area contributed by atoms with Crippen molar-refractivity contribution in [1.29, 1.82) is 0 Å². The van der Waals surface area contributed by atoms with Crippen LogP contribution in [-0.2, 0) is 0 Å². The van der Waals surface area contributed by atoms with Crippen molar-refractivity contribution in [1.82, 2.24) is 5.32 Å². The minimum atomic E-state index is -0.527. The van der Waals surface area contributed by atoms with E-state index in [0.29, 0.717) is 0 Å². The molecular weight excluding hydrogens is 174 g/mol. The second-order valence-corrected chi connectivity index (χ2v) is 4.77. The van der Waals surface area contributed by atoms with Crippen LogP contribution in [0.15, 0.2) is 0 Å². The molecule has 0 saturated heterocycles. The first-order valence-corrected chi connectivity index (χ1v) is 5.95. The van der Waals surface area contributed by atoms with E-state index in [1.54, 1.807) is 0 Å². The number of aliphatic hydroxyl groups is 1. The smallest absolute Gasteiger partial charge is 0.0743 e. The number of rotatable bonds is 8. The Balaban J connectivity index is 3.51. The third-order valence-electron chi connectivity index (χ3n) is 2.57. The molecule has 0 spiro atoms. The minimum Gasteiger partial charge on any atom is -0.389 e. The van der Waals surface area contributed by atoms with Gasteiger partial charge in [0.1, 0.15) is 0 Å². The molecule has 0 saturated carbocycles. The van der Waals surface area contributed by atoms with E-state index in [-0.39, 0.29) is 0 Å². The molecule has 2 nitrogen and oxygen atoms in total. The molecule has 0 aromatic rings. The van der Waals surface area contributed by atoms with Crippen molar-refractivity contribution in [2.75, 3.05) is 13.1 Å². The highest BCUT2D eigenvalue weighted by Gasteiger charge is 2.18. The first-order chi connectivity index (χ1) is 6.52. The van der Waals surface area contributed by atoms with Gasteiger partial charge < -0.3 is 10.4 Å². The molecule has 0 rings (SSSR count). The van der Waals surface area contributed by atoms with Gasteiger partial charge in [-0.25, -0.2) is 0 Å². The molecular formula is C12H27NO. The van der Waals surface area contributed by atoms with E-state index in [4.69, 9.17) is 0 Å². The van der Waals surface area contributed by atoms with Gasteiger partial charge in [-0.3, -0.25) is 0 Å². The van der Waals surface area contributed by atoms with Crippen molar-refractivity contribution in [2.24, 2.45) is 5.92 Å². The molecule has 0 radical (unpaired) electrons. The normalized spacial score (nSPS) is 17.8. The highest BCUT2D eigenvalue weighted by molar-refractivity contribution is 4.75. The van der Waals surface area contributed by atoms with Crippen LogP contribution in [0.2, 0.25) is 0 Å². The van der Waals surface area contributed by atoms with Crippen LogP contribution in [0.5, 0.6) is 0 Å². The van der Waals surface area contributed by atoms with Gasteiger partial charge in [-0.1, -0.05) is 33.6 Å². The Kier molecular flexibility index (Phi) is 7.20. The molecule has 0 fully saturated rings. The molecule has 2 unspecified atom stereocenters. The molecule has 0 aliphatic carbocycles. The molecule has 0 bridgehead atoms. The van der Waals surface area contributed by atoms with Gasteiger partial charge in [-0.05, 0) is 32.2 Å². The lowest BCUT2D eigenvalue weighted by Crippen LogP contribution is -2.39. The molecule has 2 atom stereocenters. The van der Waals surface area contributed by atoms with Crippen molar-refractivity contribution >= 4 is 0 Å². The quantitative estimate of drug-likeness (QED) is 0.632. The molecule has 0 aliphatic heterocycles. The summed E-state index contributed by atoms with van der Waals surface area (Å²) in [5.74, 6) is 0.720. The van der Waals surface area contributed by atoms with Crippen LogP contribution in [0.25, 0.3) is 0 Å². The topological polar surface area (TPSA) is 32.3 Å². The first kappa shape index (κ1) is 13.9. The van der Waals surface area contributed by atoms with E-state index in [0.717, 1.165) is 31.8 Å². The molecule has 14 heavy (non-hydrogen) atoms. The third-order valence-corrected chi connectivity index (χ3v) is 2.57. The lowest BCUT2D eigenvalue weighted by Gasteiger charge is -2.24. The SMILES string of the molecule is CCCC(C)CNCC(C)(O)CCC. The second kappa shape index (κ2) is 7.24. The zero-order valence-corrected chi connectivity index (χ0v) is 10.3. The van der Waals surface area contributed by atoms with Gasteiger partial charge >= 0.3 is 0 Å². The number of nitrogens with one attached hydrogen (secondary N) is 1. The van der Waals surface area contributed by atoms with E-state index in [1.807, 2.05) is 6.92 Å². The van der Waals surface area contributed by atoms with Crippen molar-refractivity contribution in [3.05, 3.63) is 0 Å². The molecule has 86 valence electrons. The van der Waals surface area contributed by atoms with Crippen molar-refractivity contribution in [3.63, 3.8) is 0 Å². The van der Waals surface area contributed by atoms with Gasteiger partial charge in [0.25, 0.3) is 0 Å². The largest absolute Gasteiger partial charge is 0.389 e. The standard InChI is InChI=1S/C12H27NO/c1-5-7-11(3)9-13-10-12(4,14)8-6-2/h11,13-14H,5-10H2,1-4H3. The van der Waals surface area contributed by atoms with Gasteiger partial charge in [0.15, 0.2) is 0 Å². The zero-order valence-electron chi connectivity index (χ0n) is 10.3. The summed E-state index contributed by atoms with van der Waals surface area (Å²) in [5, 5.41) is 13.2. The monoisotopic (exact) mass is 201 g/mol. The fourth-order valence-corrected chi connectivity index (χ4v) is 1.81. The molecule has 0 aromatic heterocycles. The summed E-state index contributed by atoms with van der Waals surface area (Å²) < 4.78 is 0. The summed E-state index contributed by atoms with van der Waals surface area (Å²) >= 11 is 0. The molecule has 0 aromatic carbocycles. The van der Waals surface area contributed by atoms with Crippen LogP contribution < -0.4 is 5.32 Å². The Morgan fingerprint density at radius 3 is 2.43 bits per heavy atom. The Labute approximate surface area is 89.1 Å². The summed E-state index contributed by atoms with van der Waals surface area (Å²) in [7, 11) is 0. The van der Waals surface area contributed by atoms with E-state index in [1.165, 1.54) is 12.8 Å². The highest BCUT2D eigenvalue weighted by atomic mass is 16.3. The predicted octanol–water partition coefficient (Wildman–Crippen LogP) is 2.56. The average Bonchev–Trinajstić information content (AvgIpc) is 2.03. The third kappa shape index (κ3) is 7.34. The van der Waals surface area contributed by atoms with Crippen LogP contribution in [0, 0.1) is 5.92 Å². The summed E-state index contributed by atoms with van der Waals surface area (Å²) in [4.78, 5) is 0. The van der Waals surface area contributed by atoms with E-state index in [9.17, 15) is 5.11 Å². The van der Waals surface area contributed by atoms with Crippen molar-refractivity contribution in [2.45, 2.75) is 59.0 Å². The Bertz CT molecular complexity index is 134. The number of hydrogen-bond acceptors (Lipinski definition) is 2. The van der Waals surface area contributed by atoms with Gasteiger partial charge in [0, 0.05) is 6.54 Å². The molecule has 0 amide bonds. The van der Waals surface area contributed by atoms with E-state index in [2.05, 4.69) is 26.1 Å². The van der Waals surface area contributed by atoms with Crippen LogP contribution in [0.1, 0.15) is 53.4 Å². The molecule has 0 heterocycles. The van der Waals surface area contributed by atoms with Crippen LogP contribution >= 0.6 is 0 Å². The van der Waals surface area contributed by atoms with Crippen LogP contribution in [0.4, 0.5) is 0 Å². The van der Waals surface area contributed by atoms with Crippen molar-refractivity contribution < 1.29 is 5.11 Å². The van der Waals surface area contributed by atoms with Gasteiger partial charge in [-0.2, -0.15) is 0 Å². The summed E-state index contributed by atoms with van der Waals surface area (Å²) in [6.45, 7) is 10.2. The summed E-state index contributed by atoms with van der Waals surface area (Å²) in [6.07, 6.45) is 4.43. The van der Waals surface area contributed by atoms with Gasteiger partial charge in [0.2, 0.25) is 0 Å². The summed E-state index contributed by atoms with van der Waals surface area (Å²) in [5.41, 5.74) is -0.527. The summed E-state index contributed by atoms with van der Waals surface area (Å²) in [6, 6.07) is 0. The first-order valence-electron chi connectivity index (χ1n) is 5.95. The number of hydrogen-bond donors (Lipinski definition) is 2. The fourth-order valence-electron chi connectivity index (χ4n) is 1.81. The average molecular weight is 201 g/mol. The fraction of sp³-hybridized carbons (Fsp3) is 1.00. The maximum absolute atomic E-state index is 9.89. The molecule has 0 aliphatic rings. The Morgan fingerprint density at radius 2 is 1.93 bits per heavy atom. The van der Waals surface area contributed by atoms with Crippen molar-refractivity contribution in [3.8, 4) is 0 Å². The predicted molar refractivity (Wildman–Crippen MR) is 62.5 cm³/mol. The lowest BCUT2D eigenvalue weighted by atomic mass is 10.00. The van der Waals surface area contributed by atoms with Gasteiger partial charge in [-0.15, -0.1) is 0 Å². The van der Waals surface area contributed by atoms with E-state index >= 15 is 0 Å². The zero-order chi connectivity index (χ0) is 11.0. The highest BCUT2D eigenvalue weighted by Crippen LogP contribution is 2.10. The minimum absolute atomic E-state index is 0.527. The second-order valence-electron chi connectivity index (χ2n) is 4.77. The maximum Gasteiger partial charge on any atom is 0.0743 e. The molecule has 2 heteroatoms. The van der Waals surface area contributed by atoms with Gasteiger partial charge in [0.05, 0.1) is 5.60 Å².